The molecule has 2 rings (SSSR count). The second kappa shape index (κ2) is 5.83. The summed E-state index contributed by atoms with van der Waals surface area (Å²) in [5.74, 6) is 1.32. The van der Waals surface area contributed by atoms with E-state index in [0.717, 1.165) is 24.6 Å². The molecule has 0 saturated carbocycles. The number of anilines is 1. The molecule has 4 heteroatoms. The van der Waals surface area contributed by atoms with Gasteiger partial charge in [-0.05, 0) is 57.8 Å². The smallest absolute Gasteiger partial charge is 0.144 e. The van der Waals surface area contributed by atoms with Gasteiger partial charge in [0.2, 0.25) is 0 Å². The van der Waals surface area contributed by atoms with E-state index in [9.17, 15) is 0 Å². The first-order chi connectivity index (χ1) is 8.70. The summed E-state index contributed by atoms with van der Waals surface area (Å²) in [6.45, 7) is 6.28. The monoisotopic (exact) mass is 244 g/mol. The maximum Gasteiger partial charge on any atom is 0.144 e. The van der Waals surface area contributed by atoms with Crippen LogP contribution in [-0.2, 0) is 0 Å². The molecule has 0 amide bonds. The predicted molar refractivity (Wildman–Crippen MR) is 72.4 cm³/mol. The second-order valence-electron chi connectivity index (χ2n) is 5.00. The van der Waals surface area contributed by atoms with Crippen LogP contribution >= 0.6 is 0 Å². The predicted octanol–water partition coefficient (Wildman–Crippen LogP) is 2.06. The molecule has 1 aromatic heterocycles. The molecule has 0 spiro atoms. The van der Waals surface area contributed by atoms with Crippen molar-refractivity contribution in [3.8, 4) is 6.07 Å². The number of nitrogens with one attached hydrogen (secondary N) is 2. The number of hydrogen-bond donors (Lipinski definition) is 2. The summed E-state index contributed by atoms with van der Waals surface area (Å²) in [4.78, 5) is 4.42. The lowest BCUT2D eigenvalue weighted by Crippen LogP contribution is -2.39. The van der Waals surface area contributed by atoms with Gasteiger partial charge < -0.3 is 10.6 Å². The van der Waals surface area contributed by atoms with Gasteiger partial charge in [-0.15, -0.1) is 0 Å². The van der Waals surface area contributed by atoms with E-state index in [2.05, 4.69) is 28.6 Å². The number of aromatic nitrogens is 1. The van der Waals surface area contributed by atoms with Crippen molar-refractivity contribution in [3.63, 3.8) is 0 Å². The fourth-order valence-electron chi connectivity index (χ4n) is 2.40. The first kappa shape index (κ1) is 12.8. The largest absolute Gasteiger partial charge is 0.366 e. The maximum atomic E-state index is 9.09. The number of piperidine rings is 1. The molecule has 4 nitrogen and oxygen atoms in total. The van der Waals surface area contributed by atoms with E-state index in [-0.39, 0.29) is 0 Å². The van der Waals surface area contributed by atoms with Crippen LogP contribution < -0.4 is 10.6 Å². The minimum absolute atomic E-state index is 0.333. The fourth-order valence-corrected chi connectivity index (χ4v) is 2.40. The molecule has 0 aromatic carbocycles. The third-order valence-electron chi connectivity index (χ3n) is 3.56. The average Bonchev–Trinajstić information content (AvgIpc) is 2.40. The molecule has 96 valence electrons. The number of nitriles is 1. The molecular formula is C14H20N4. The zero-order chi connectivity index (χ0) is 13.0. The van der Waals surface area contributed by atoms with Crippen molar-refractivity contribution < 1.29 is 0 Å². The van der Waals surface area contributed by atoms with Crippen molar-refractivity contribution in [1.29, 1.82) is 5.26 Å². The van der Waals surface area contributed by atoms with Crippen LogP contribution in [0.2, 0.25) is 0 Å². The molecule has 2 atom stereocenters. The van der Waals surface area contributed by atoms with Gasteiger partial charge >= 0.3 is 0 Å². The normalized spacial score (nSPS) is 21.1. The number of aryl methyl sites for hydroxylation is 1. The van der Waals surface area contributed by atoms with Crippen LogP contribution in [0.4, 0.5) is 5.82 Å². The Kier molecular flexibility index (Phi) is 4.16. The summed E-state index contributed by atoms with van der Waals surface area (Å²) in [6.07, 6.45) is 2.46. The molecule has 1 fully saturated rings. The van der Waals surface area contributed by atoms with Crippen LogP contribution in [0, 0.1) is 24.2 Å². The highest BCUT2D eigenvalue weighted by atomic mass is 15.0. The Balaban J connectivity index is 2.08. The lowest BCUT2D eigenvalue weighted by Gasteiger charge is -2.29. The molecule has 0 aliphatic carbocycles. The third-order valence-corrected chi connectivity index (χ3v) is 3.56. The number of pyridine rings is 1. The SMILES string of the molecule is Cc1ccc(C#N)c(NC(C)C2CCCNC2)n1. The fraction of sp³-hybridized carbons (Fsp3) is 0.571. The van der Waals surface area contributed by atoms with Gasteiger partial charge in [-0.1, -0.05) is 0 Å². The molecule has 2 heterocycles. The van der Waals surface area contributed by atoms with Gasteiger partial charge in [0.15, 0.2) is 0 Å². The van der Waals surface area contributed by atoms with E-state index >= 15 is 0 Å². The standard InChI is InChI=1S/C14H20N4/c1-10-5-6-12(8-15)14(17-10)18-11(2)13-4-3-7-16-9-13/h5-6,11,13,16H,3-4,7,9H2,1-2H3,(H,17,18). The lowest BCUT2D eigenvalue weighted by molar-refractivity contribution is 0.346. The van der Waals surface area contributed by atoms with Crippen LogP contribution in [0.5, 0.6) is 0 Å². The average molecular weight is 244 g/mol. The zero-order valence-electron chi connectivity index (χ0n) is 11.0. The summed E-state index contributed by atoms with van der Waals surface area (Å²) in [5.41, 5.74) is 1.56. The van der Waals surface area contributed by atoms with Gasteiger partial charge in [-0.2, -0.15) is 5.26 Å². The van der Waals surface area contributed by atoms with Gasteiger partial charge in [0.1, 0.15) is 11.9 Å². The van der Waals surface area contributed by atoms with E-state index in [0.29, 0.717) is 17.5 Å². The quantitative estimate of drug-likeness (QED) is 0.854. The minimum Gasteiger partial charge on any atom is -0.366 e. The summed E-state index contributed by atoms with van der Waals surface area (Å²) in [6, 6.07) is 6.22. The Morgan fingerprint density at radius 1 is 1.56 bits per heavy atom. The maximum absolute atomic E-state index is 9.09. The first-order valence-electron chi connectivity index (χ1n) is 6.55. The van der Waals surface area contributed by atoms with Gasteiger partial charge in [0.25, 0.3) is 0 Å². The van der Waals surface area contributed by atoms with Crippen LogP contribution in [0.3, 0.4) is 0 Å². The van der Waals surface area contributed by atoms with E-state index in [1.807, 2.05) is 19.1 Å². The lowest BCUT2D eigenvalue weighted by atomic mass is 9.93. The van der Waals surface area contributed by atoms with E-state index < -0.39 is 0 Å². The van der Waals surface area contributed by atoms with Gasteiger partial charge in [-0.25, -0.2) is 4.98 Å². The van der Waals surface area contributed by atoms with Crippen LogP contribution in [0.25, 0.3) is 0 Å². The molecule has 1 aliphatic rings. The summed E-state index contributed by atoms with van der Waals surface area (Å²) < 4.78 is 0. The molecule has 2 N–H and O–H groups in total. The van der Waals surface area contributed by atoms with Crippen LogP contribution in [0.15, 0.2) is 12.1 Å². The van der Waals surface area contributed by atoms with Gasteiger partial charge in [0, 0.05) is 11.7 Å². The van der Waals surface area contributed by atoms with Crippen molar-refractivity contribution in [2.24, 2.45) is 5.92 Å². The minimum atomic E-state index is 0.333. The molecule has 18 heavy (non-hydrogen) atoms. The number of rotatable bonds is 3. The summed E-state index contributed by atoms with van der Waals surface area (Å²) >= 11 is 0. The van der Waals surface area contributed by atoms with Crippen LogP contribution in [0.1, 0.15) is 31.0 Å². The molecule has 1 aromatic rings. The third kappa shape index (κ3) is 2.99. The van der Waals surface area contributed by atoms with Crippen molar-refractivity contribution >= 4 is 5.82 Å². The Morgan fingerprint density at radius 2 is 2.39 bits per heavy atom. The molecule has 1 saturated heterocycles. The number of hydrogen-bond acceptors (Lipinski definition) is 4. The first-order valence-corrected chi connectivity index (χ1v) is 6.55. The summed E-state index contributed by atoms with van der Waals surface area (Å²) in [5, 5.41) is 15.9. The van der Waals surface area contributed by atoms with Crippen molar-refractivity contribution in [3.05, 3.63) is 23.4 Å². The molecule has 0 radical (unpaired) electrons. The summed E-state index contributed by atoms with van der Waals surface area (Å²) in [7, 11) is 0. The van der Waals surface area contributed by atoms with E-state index in [1.165, 1.54) is 12.8 Å². The Morgan fingerprint density at radius 3 is 3.06 bits per heavy atom. The topological polar surface area (TPSA) is 60.7 Å². The van der Waals surface area contributed by atoms with E-state index in [1.54, 1.807) is 0 Å². The Hall–Kier alpha value is -1.60. The molecule has 2 unspecified atom stereocenters. The van der Waals surface area contributed by atoms with Crippen molar-refractivity contribution in [2.75, 3.05) is 18.4 Å². The molecular weight excluding hydrogens is 224 g/mol. The Labute approximate surface area is 108 Å². The Bertz CT molecular complexity index is 444. The van der Waals surface area contributed by atoms with E-state index in [4.69, 9.17) is 5.26 Å². The highest BCUT2D eigenvalue weighted by Gasteiger charge is 2.20. The molecule has 1 aliphatic heterocycles. The van der Waals surface area contributed by atoms with Crippen LogP contribution in [-0.4, -0.2) is 24.1 Å². The van der Waals surface area contributed by atoms with Gasteiger partial charge in [-0.3, -0.25) is 0 Å². The second-order valence-corrected chi connectivity index (χ2v) is 5.00. The zero-order valence-corrected chi connectivity index (χ0v) is 11.0. The van der Waals surface area contributed by atoms with Crippen molar-refractivity contribution in [2.45, 2.75) is 32.7 Å². The highest BCUT2D eigenvalue weighted by Crippen LogP contribution is 2.20. The van der Waals surface area contributed by atoms with Gasteiger partial charge in [0.05, 0.1) is 5.56 Å². The number of nitrogens with zero attached hydrogens (tertiary/aromatic N) is 2. The highest BCUT2D eigenvalue weighted by molar-refractivity contribution is 5.52. The van der Waals surface area contributed by atoms with Crippen molar-refractivity contribution in [1.82, 2.24) is 10.3 Å². The molecule has 0 bridgehead atoms.